The van der Waals surface area contributed by atoms with Crippen LogP contribution in [0.4, 0.5) is 23.2 Å². The van der Waals surface area contributed by atoms with E-state index in [0.717, 1.165) is 18.2 Å². The summed E-state index contributed by atoms with van der Waals surface area (Å²) in [6.45, 7) is -0.395. The predicted octanol–water partition coefficient (Wildman–Crippen LogP) is 2.31. The molecule has 0 N–H and O–H groups in total. The molecule has 0 fully saturated rings. The minimum atomic E-state index is -5.05. The van der Waals surface area contributed by atoms with Gasteiger partial charge in [-0.2, -0.15) is 13.2 Å². The molecule has 1 amide bonds. The third-order valence-corrected chi connectivity index (χ3v) is 2.60. The molecular formula is C11H7F4NO2. The fraction of sp³-hybridized carbons (Fsp3) is 0.273. The summed E-state index contributed by atoms with van der Waals surface area (Å²) < 4.78 is 50.1. The summed E-state index contributed by atoms with van der Waals surface area (Å²) in [7, 11) is 0. The number of benzene rings is 1. The molecule has 1 heterocycles. The first-order chi connectivity index (χ1) is 8.30. The van der Waals surface area contributed by atoms with E-state index in [0.29, 0.717) is 4.90 Å². The molecular weight excluding hydrogens is 254 g/mol. The van der Waals surface area contributed by atoms with Gasteiger partial charge in [0.1, 0.15) is 5.82 Å². The lowest BCUT2D eigenvalue weighted by Crippen LogP contribution is -2.45. The largest absolute Gasteiger partial charge is 0.471 e. The van der Waals surface area contributed by atoms with Gasteiger partial charge in [0.05, 0.1) is 5.69 Å². The van der Waals surface area contributed by atoms with Gasteiger partial charge < -0.3 is 4.90 Å². The highest BCUT2D eigenvalue weighted by molar-refractivity contribution is 6.09. The Bertz CT molecular complexity index is 524. The molecule has 7 heteroatoms. The van der Waals surface area contributed by atoms with Crippen molar-refractivity contribution < 1.29 is 27.2 Å². The quantitative estimate of drug-likeness (QED) is 0.672. The number of halogens is 4. The molecule has 0 radical (unpaired) electrons. The third kappa shape index (κ3) is 2.07. The number of anilines is 1. The van der Waals surface area contributed by atoms with Gasteiger partial charge in [-0.05, 0) is 18.2 Å². The van der Waals surface area contributed by atoms with Gasteiger partial charge in [0, 0.05) is 18.5 Å². The van der Waals surface area contributed by atoms with Crippen LogP contribution in [-0.4, -0.2) is 24.4 Å². The van der Waals surface area contributed by atoms with Crippen LogP contribution in [-0.2, 0) is 4.79 Å². The molecule has 96 valence electrons. The molecule has 1 aromatic rings. The maximum Gasteiger partial charge on any atom is 0.471 e. The van der Waals surface area contributed by atoms with Crippen LogP contribution >= 0.6 is 0 Å². The van der Waals surface area contributed by atoms with Gasteiger partial charge >= 0.3 is 12.1 Å². The molecule has 0 saturated carbocycles. The summed E-state index contributed by atoms with van der Waals surface area (Å²) >= 11 is 0. The van der Waals surface area contributed by atoms with Crippen molar-refractivity contribution in [2.45, 2.75) is 12.6 Å². The number of fused-ring (bicyclic) bond motifs is 1. The van der Waals surface area contributed by atoms with Gasteiger partial charge in [0.15, 0.2) is 5.78 Å². The molecule has 1 aliphatic rings. The highest BCUT2D eigenvalue weighted by atomic mass is 19.4. The summed E-state index contributed by atoms with van der Waals surface area (Å²) in [6.07, 6.45) is -5.26. The van der Waals surface area contributed by atoms with E-state index in [4.69, 9.17) is 0 Å². The van der Waals surface area contributed by atoms with E-state index in [2.05, 4.69) is 0 Å². The zero-order valence-corrected chi connectivity index (χ0v) is 8.92. The van der Waals surface area contributed by atoms with Crippen molar-refractivity contribution in [3.05, 3.63) is 29.6 Å². The highest BCUT2D eigenvalue weighted by Gasteiger charge is 2.44. The van der Waals surface area contributed by atoms with Crippen molar-refractivity contribution in [3.8, 4) is 0 Å². The molecule has 0 saturated heterocycles. The monoisotopic (exact) mass is 261 g/mol. The Morgan fingerprint density at radius 1 is 1.28 bits per heavy atom. The zero-order chi connectivity index (χ0) is 13.5. The molecule has 18 heavy (non-hydrogen) atoms. The zero-order valence-electron chi connectivity index (χ0n) is 8.92. The number of Topliss-reactive ketones (excluding diaryl/α,β-unsaturated/α-hetero) is 1. The maximum atomic E-state index is 13.0. The van der Waals surface area contributed by atoms with E-state index in [1.54, 1.807) is 0 Å². The van der Waals surface area contributed by atoms with Crippen LogP contribution < -0.4 is 4.90 Å². The Morgan fingerprint density at radius 3 is 2.56 bits per heavy atom. The maximum absolute atomic E-state index is 13.0. The molecule has 2 rings (SSSR count). The highest BCUT2D eigenvalue weighted by Crippen LogP contribution is 2.31. The Morgan fingerprint density at radius 2 is 1.94 bits per heavy atom. The van der Waals surface area contributed by atoms with Crippen molar-refractivity contribution >= 4 is 17.4 Å². The Labute approximate surface area is 99.0 Å². The van der Waals surface area contributed by atoms with Crippen molar-refractivity contribution in [3.63, 3.8) is 0 Å². The average molecular weight is 261 g/mol. The van der Waals surface area contributed by atoms with Crippen LogP contribution in [0, 0.1) is 5.82 Å². The van der Waals surface area contributed by atoms with E-state index in [1.165, 1.54) is 0 Å². The van der Waals surface area contributed by atoms with Gasteiger partial charge in [-0.3, -0.25) is 9.59 Å². The van der Waals surface area contributed by atoms with Crippen LogP contribution in [0.1, 0.15) is 16.8 Å². The van der Waals surface area contributed by atoms with Crippen LogP contribution in [0.15, 0.2) is 18.2 Å². The van der Waals surface area contributed by atoms with E-state index < -0.39 is 30.2 Å². The standard InChI is InChI=1S/C11H7F4NO2/c12-6-1-2-7-8(5-6)16(4-3-9(7)17)10(18)11(13,14)15/h1-2,5H,3-4H2. The number of carbonyl (C=O) groups excluding carboxylic acids is 2. The van der Waals surface area contributed by atoms with E-state index in [9.17, 15) is 27.2 Å². The second-order valence-electron chi connectivity index (χ2n) is 3.79. The Balaban J connectivity index is 2.49. The third-order valence-electron chi connectivity index (χ3n) is 2.60. The molecule has 0 aromatic heterocycles. The molecule has 0 atom stereocenters. The minimum Gasteiger partial charge on any atom is -0.303 e. The summed E-state index contributed by atoms with van der Waals surface area (Å²) in [4.78, 5) is 23.0. The number of rotatable bonds is 0. The minimum absolute atomic E-state index is 0.0692. The number of ketones is 1. The van der Waals surface area contributed by atoms with Gasteiger partial charge in [0.2, 0.25) is 0 Å². The first-order valence-corrected chi connectivity index (χ1v) is 5.02. The Kier molecular flexibility index (Phi) is 2.84. The smallest absolute Gasteiger partial charge is 0.303 e. The van der Waals surface area contributed by atoms with Crippen molar-refractivity contribution in [1.82, 2.24) is 0 Å². The second kappa shape index (κ2) is 4.08. The predicted molar refractivity (Wildman–Crippen MR) is 53.8 cm³/mol. The topological polar surface area (TPSA) is 37.4 Å². The summed E-state index contributed by atoms with van der Waals surface area (Å²) in [6, 6.07) is 2.82. The number of alkyl halides is 3. The number of carbonyl (C=O) groups is 2. The number of amides is 1. The van der Waals surface area contributed by atoms with Crippen molar-refractivity contribution in [1.29, 1.82) is 0 Å². The average Bonchev–Trinajstić information content (AvgIpc) is 2.27. The molecule has 0 aliphatic carbocycles. The molecule has 3 nitrogen and oxygen atoms in total. The van der Waals surface area contributed by atoms with Gasteiger partial charge in [-0.15, -0.1) is 0 Å². The van der Waals surface area contributed by atoms with Crippen LogP contribution in [0.5, 0.6) is 0 Å². The summed E-state index contributed by atoms with van der Waals surface area (Å²) in [5.74, 6) is -3.30. The lowest BCUT2D eigenvalue weighted by atomic mass is 10.00. The summed E-state index contributed by atoms with van der Waals surface area (Å²) in [5, 5.41) is 0. The normalized spacial score (nSPS) is 15.6. The molecule has 0 spiro atoms. The lowest BCUT2D eigenvalue weighted by Gasteiger charge is -2.29. The fourth-order valence-corrected chi connectivity index (χ4v) is 1.80. The molecule has 0 unspecified atom stereocenters. The lowest BCUT2D eigenvalue weighted by molar-refractivity contribution is -0.170. The SMILES string of the molecule is O=C1CCN(C(=O)C(F)(F)F)c2cc(F)ccc21. The van der Waals surface area contributed by atoms with Crippen LogP contribution in [0.3, 0.4) is 0 Å². The van der Waals surface area contributed by atoms with Crippen molar-refractivity contribution in [2.24, 2.45) is 0 Å². The van der Waals surface area contributed by atoms with E-state index in [-0.39, 0.29) is 17.7 Å². The number of nitrogens with zero attached hydrogens (tertiary/aromatic N) is 1. The molecule has 1 aliphatic heterocycles. The van der Waals surface area contributed by atoms with E-state index in [1.807, 2.05) is 0 Å². The number of hydrogen-bond donors (Lipinski definition) is 0. The first kappa shape index (κ1) is 12.5. The van der Waals surface area contributed by atoms with Crippen LogP contribution in [0.25, 0.3) is 0 Å². The molecule has 1 aromatic carbocycles. The van der Waals surface area contributed by atoms with Gasteiger partial charge in [-0.25, -0.2) is 4.39 Å². The van der Waals surface area contributed by atoms with Gasteiger partial charge in [0.25, 0.3) is 0 Å². The molecule has 0 bridgehead atoms. The Hall–Kier alpha value is -1.92. The van der Waals surface area contributed by atoms with Crippen molar-refractivity contribution in [2.75, 3.05) is 11.4 Å². The van der Waals surface area contributed by atoms with Gasteiger partial charge in [-0.1, -0.05) is 0 Å². The first-order valence-electron chi connectivity index (χ1n) is 5.02. The van der Waals surface area contributed by atoms with E-state index >= 15 is 0 Å². The second-order valence-corrected chi connectivity index (χ2v) is 3.79. The fourth-order valence-electron chi connectivity index (χ4n) is 1.80. The number of hydrogen-bond acceptors (Lipinski definition) is 2. The summed E-state index contributed by atoms with van der Waals surface area (Å²) in [5.41, 5.74) is -0.395. The van der Waals surface area contributed by atoms with Crippen LogP contribution in [0.2, 0.25) is 0 Å².